The van der Waals surface area contributed by atoms with Gasteiger partial charge in [-0.25, -0.2) is 4.98 Å². The van der Waals surface area contributed by atoms with Gasteiger partial charge in [0.2, 0.25) is 0 Å². The van der Waals surface area contributed by atoms with Gasteiger partial charge in [0.25, 0.3) is 5.91 Å². The Kier molecular flexibility index (Phi) is 4.24. The summed E-state index contributed by atoms with van der Waals surface area (Å²) in [6.07, 6.45) is 0. The molecule has 2 aliphatic rings. The van der Waals surface area contributed by atoms with Crippen molar-refractivity contribution in [3.63, 3.8) is 0 Å². The fourth-order valence-electron chi connectivity index (χ4n) is 7.62. The first-order valence-corrected chi connectivity index (χ1v) is 14.5. The van der Waals surface area contributed by atoms with Crippen LogP contribution in [0.2, 0.25) is 0 Å². The van der Waals surface area contributed by atoms with Gasteiger partial charge in [-0.3, -0.25) is 9.36 Å². The van der Waals surface area contributed by atoms with Crippen LogP contribution in [0.15, 0.2) is 138 Å². The van der Waals surface area contributed by atoms with E-state index in [1.807, 2.05) is 59.2 Å². The first kappa shape index (κ1) is 22.9. The highest BCUT2D eigenvalue weighted by Gasteiger charge is 2.54. The lowest BCUT2D eigenvalue weighted by Gasteiger charge is -2.37. The van der Waals surface area contributed by atoms with Crippen LogP contribution in [0.5, 0.6) is 0 Å². The van der Waals surface area contributed by atoms with Gasteiger partial charge < -0.3 is 4.42 Å². The van der Waals surface area contributed by atoms with Crippen LogP contribution >= 0.6 is 0 Å². The van der Waals surface area contributed by atoms with Gasteiger partial charge in [-0.05, 0) is 81.4 Å². The molecule has 0 unspecified atom stereocenters. The lowest BCUT2D eigenvalue weighted by molar-refractivity contribution is 0.0951. The Hall–Kier alpha value is -5.74. The predicted molar refractivity (Wildman–Crippen MR) is 169 cm³/mol. The number of carbonyl (C=O) groups excluding carboxylic acids is 1. The summed E-state index contributed by atoms with van der Waals surface area (Å²) in [7, 11) is 0. The van der Waals surface area contributed by atoms with Crippen molar-refractivity contribution < 1.29 is 9.21 Å². The van der Waals surface area contributed by atoms with Crippen molar-refractivity contribution in [1.82, 2.24) is 9.55 Å². The van der Waals surface area contributed by atoms with Crippen molar-refractivity contribution in [2.45, 2.75) is 5.41 Å². The number of fused-ring (bicyclic) bond motifs is 14. The molecule has 4 heteroatoms. The molecule has 1 aliphatic heterocycles. The van der Waals surface area contributed by atoms with Crippen molar-refractivity contribution in [2.24, 2.45) is 0 Å². The Balaban J connectivity index is 1.32. The lowest BCUT2D eigenvalue weighted by atomic mass is 9.68. The Morgan fingerprint density at radius 3 is 2.05 bits per heavy atom. The highest BCUT2D eigenvalue weighted by Crippen LogP contribution is 2.58. The number of benzene rings is 6. The standard InChI is InChI=1S/C39H22N2O2/c42-37-28-19-17-24(23-18-20-36-29(21-23)27-11-3-8-16-35(27)43-36)22-32(28)39(38-40-33-14-6-7-15-34(33)41(37)38)30-12-4-1-9-25(30)26-10-2-5-13-31(26)39/h1-22H. The minimum absolute atomic E-state index is 0.0472. The second kappa shape index (κ2) is 7.96. The Bertz CT molecular complexity index is 2450. The van der Waals surface area contributed by atoms with E-state index in [1.165, 1.54) is 11.1 Å². The Morgan fingerprint density at radius 2 is 1.21 bits per heavy atom. The second-order valence-electron chi connectivity index (χ2n) is 11.5. The molecule has 200 valence electrons. The predicted octanol–water partition coefficient (Wildman–Crippen LogP) is 8.97. The minimum atomic E-state index is -0.752. The average molecular weight is 551 g/mol. The highest BCUT2D eigenvalue weighted by atomic mass is 16.3. The van der Waals surface area contributed by atoms with Crippen LogP contribution in [0.1, 0.15) is 32.9 Å². The van der Waals surface area contributed by atoms with Crippen molar-refractivity contribution in [3.8, 4) is 22.3 Å². The third-order valence-electron chi connectivity index (χ3n) is 9.42. The highest BCUT2D eigenvalue weighted by molar-refractivity contribution is 6.09. The van der Waals surface area contributed by atoms with Crippen LogP contribution in [-0.2, 0) is 5.41 Å². The lowest BCUT2D eigenvalue weighted by Crippen LogP contribution is -2.40. The zero-order valence-corrected chi connectivity index (χ0v) is 22.9. The van der Waals surface area contributed by atoms with E-state index in [4.69, 9.17) is 9.40 Å². The van der Waals surface area contributed by atoms with Gasteiger partial charge in [-0.15, -0.1) is 0 Å². The molecule has 0 N–H and O–H groups in total. The number of imidazole rings is 1. The third kappa shape index (κ3) is 2.76. The van der Waals surface area contributed by atoms with Crippen LogP contribution in [-0.4, -0.2) is 15.5 Å². The number of para-hydroxylation sites is 3. The molecule has 6 aromatic carbocycles. The molecule has 0 saturated heterocycles. The summed E-state index contributed by atoms with van der Waals surface area (Å²) in [4.78, 5) is 19.6. The van der Waals surface area contributed by atoms with E-state index in [0.717, 1.165) is 66.6 Å². The molecular formula is C39H22N2O2. The van der Waals surface area contributed by atoms with Crippen molar-refractivity contribution in [2.75, 3.05) is 0 Å². The molecule has 43 heavy (non-hydrogen) atoms. The minimum Gasteiger partial charge on any atom is -0.456 e. The van der Waals surface area contributed by atoms with E-state index in [-0.39, 0.29) is 5.91 Å². The molecule has 0 saturated carbocycles. The van der Waals surface area contributed by atoms with E-state index < -0.39 is 5.41 Å². The van der Waals surface area contributed by atoms with Gasteiger partial charge >= 0.3 is 0 Å². The van der Waals surface area contributed by atoms with Gasteiger partial charge in [-0.2, -0.15) is 0 Å². The quantitative estimate of drug-likeness (QED) is 0.205. The molecule has 2 aromatic heterocycles. The molecule has 0 atom stereocenters. The molecule has 0 fully saturated rings. The number of hydrogen-bond acceptors (Lipinski definition) is 3. The Morgan fingerprint density at radius 1 is 0.558 bits per heavy atom. The first-order chi connectivity index (χ1) is 21.2. The zero-order valence-electron chi connectivity index (χ0n) is 22.9. The maximum atomic E-state index is 14.4. The number of rotatable bonds is 1. The molecule has 0 bridgehead atoms. The molecular weight excluding hydrogens is 528 g/mol. The number of nitrogens with zero attached hydrogens (tertiary/aromatic N) is 2. The second-order valence-corrected chi connectivity index (χ2v) is 11.5. The number of carbonyl (C=O) groups is 1. The molecule has 1 spiro atoms. The molecule has 10 rings (SSSR count). The first-order valence-electron chi connectivity index (χ1n) is 14.5. The van der Waals surface area contributed by atoms with Crippen LogP contribution in [0, 0.1) is 0 Å². The number of hydrogen-bond donors (Lipinski definition) is 0. The molecule has 8 aromatic rings. The summed E-state index contributed by atoms with van der Waals surface area (Å²) in [6.45, 7) is 0. The van der Waals surface area contributed by atoms with E-state index in [9.17, 15) is 4.79 Å². The third-order valence-corrected chi connectivity index (χ3v) is 9.42. The van der Waals surface area contributed by atoms with Gasteiger partial charge in [0.1, 0.15) is 22.4 Å². The SMILES string of the molecule is O=C1c2ccc(-c3ccc4oc5ccccc5c4c3)cc2C2(c3ccccc3-c3ccccc32)c2nc3ccccc3n21. The average Bonchev–Trinajstić information content (AvgIpc) is 3.72. The van der Waals surface area contributed by atoms with E-state index in [1.54, 1.807) is 0 Å². The van der Waals surface area contributed by atoms with Gasteiger partial charge in [0.15, 0.2) is 0 Å². The van der Waals surface area contributed by atoms with Crippen LogP contribution in [0.25, 0.3) is 55.2 Å². The van der Waals surface area contributed by atoms with Gasteiger partial charge in [-0.1, -0.05) is 91.0 Å². The number of furan rings is 1. The van der Waals surface area contributed by atoms with E-state index >= 15 is 0 Å². The smallest absolute Gasteiger partial charge is 0.264 e. The molecule has 3 heterocycles. The van der Waals surface area contributed by atoms with Crippen LogP contribution < -0.4 is 0 Å². The van der Waals surface area contributed by atoms with Gasteiger partial charge in [0, 0.05) is 16.3 Å². The van der Waals surface area contributed by atoms with Crippen LogP contribution in [0.4, 0.5) is 0 Å². The monoisotopic (exact) mass is 550 g/mol. The van der Waals surface area contributed by atoms with E-state index in [2.05, 4.69) is 78.9 Å². The van der Waals surface area contributed by atoms with Crippen molar-refractivity contribution >= 4 is 38.9 Å². The normalized spacial score (nSPS) is 14.3. The molecule has 0 radical (unpaired) electrons. The molecule has 1 aliphatic carbocycles. The van der Waals surface area contributed by atoms with Crippen molar-refractivity contribution in [3.05, 3.63) is 162 Å². The largest absolute Gasteiger partial charge is 0.456 e. The topological polar surface area (TPSA) is 48.0 Å². The summed E-state index contributed by atoms with van der Waals surface area (Å²) >= 11 is 0. The maximum absolute atomic E-state index is 14.4. The molecule has 0 amide bonds. The van der Waals surface area contributed by atoms with E-state index in [0.29, 0.717) is 5.56 Å². The summed E-state index contributed by atoms with van der Waals surface area (Å²) in [5.74, 6) is 0.700. The summed E-state index contributed by atoms with van der Waals surface area (Å²) in [5, 5.41) is 2.17. The fourth-order valence-corrected chi connectivity index (χ4v) is 7.62. The zero-order chi connectivity index (χ0) is 28.3. The Labute approximate surface area is 246 Å². The van der Waals surface area contributed by atoms with Gasteiger partial charge in [0.05, 0.1) is 11.0 Å². The summed E-state index contributed by atoms with van der Waals surface area (Å²) in [5.41, 5.74) is 11.1. The molecule has 4 nitrogen and oxygen atoms in total. The fraction of sp³-hybridized carbons (Fsp3) is 0.0256. The van der Waals surface area contributed by atoms with Crippen molar-refractivity contribution in [1.29, 1.82) is 0 Å². The summed E-state index contributed by atoms with van der Waals surface area (Å²) in [6, 6.07) is 45.9. The summed E-state index contributed by atoms with van der Waals surface area (Å²) < 4.78 is 7.96. The number of aromatic nitrogens is 2. The van der Waals surface area contributed by atoms with Crippen LogP contribution in [0.3, 0.4) is 0 Å². The maximum Gasteiger partial charge on any atom is 0.264 e.